The Bertz CT molecular complexity index is 1460. The fraction of sp³-hybridized carbons (Fsp3) is 0.346. The third-order valence-electron chi connectivity index (χ3n) is 6.65. The van der Waals surface area contributed by atoms with E-state index in [2.05, 4.69) is 40.4 Å². The molecule has 35 heavy (non-hydrogen) atoms. The Labute approximate surface area is 202 Å². The maximum absolute atomic E-state index is 13.2. The number of carbonyl (C=O) groups is 1. The summed E-state index contributed by atoms with van der Waals surface area (Å²) in [7, 11) is 1.56. The SMILES string of the molecule is COc1ccccc1C(=O)N1CCC[C@@H](c2nc3c(nnn3Cc3cc(C)ccc3C)c(=O)[nH]2)C1. The molecule has 2 aromatic carbocycles. The van der Waals surface area contributed by atoms with E-state index >= 15 is 0 Å². The van der Waals surface area contributed by atoms with Crippen molar-refractivity contribution in [1.29, 1.82) is 0 Å². The van der Waals surface area contributed by atoms with Gasteiger partial charge >= 0.3 is 0 Å². The molecule has 1 amide bonds. The number of rotatable bonds is 5. The first-order chi connectivity index (χ1) is 16.9. The minimum absolute atomic E-state index is 0.0859. The van der Waals surface area contributed by atoms with Gasteiger partial charge < -0.3 is 14.6 Å². The number of piperidine rings is 1. The van der Waals surface area contributed by atoms with Crippen LogP contribution in [0.2, 0.25) is 0 Å². The Balaban J connectivity index is 1.44. The van der Waals surface area contributed by atoms with Crippen LogP contribution in [0.5, 0.6) is 5.75 Å². The Morgan fingerprint density at radius 1 is 1.20 bits per heavy atom. The molecular formula is C26H28N6O3. The van der Waals surface area contributed by atoms with Crippen LogP contribution >= 0.6 is 0 Å². The number of aromatic amines is 1. The molecular weight excluding hydrogens is 444 g/mol. The summed E-state index contributed by atoms with van der Waals surface area (Å²) in [5, 5.41) is 8.30. The molecule has 1 atom stereocenters. The lowest BCUT2D eigenvalue weighted by Crippen LogP contribution is -2.40. The Morgan fingerprint density at radius 2 is 2.03 bits per heavy atom. The van der Waals surface area contributed by atoms with Crippen molar-refractivity contribution in [1.82, 2.24) is 29.9 Å². The van der Waals surface area contributed by atoms with Crippen LogP contribution in [-0.2, 0) is 6.54 Å². The van der Waals surface area contributed by atoms with E-state index in [1.807, 2.05) is 24.0 Å². The maximum atomic E-state index is 13.2. The van der Waals surface area contributed by atoms with Gasteiger partial charge in [-0.3, -0.25) is 9.59 Å². The van der Waals surface area contributed by atoms with Crippen LogP contribution in [0.1, 0.15) is 51.6 Å². The van der Waals surface area contributed by atoms with Gasteiger partial charge in [0.25, 0.3) is 11.5 Å². The zero-order chi connectivity index (χ0) is 24.5. The van der Waals surface area contributed by atoms with Gasteiger partial charge in [-0.15, -0.1) is 5.10 Å². The summed E-state index contributed by atoms with van der Waals surface area (Å²) in [5.41, 5.74) is 4.29. The number of nitrogens with zero attached hydrogens (tertiary/aromatic N) is 5. The number of para-hydroxylation sites is 1. The lowest BCUT2D eigenvalue weighted by Gasteiger charge is -2.32. The van der Waals surface area contributed by atoms with Gasteiger partial charge in [-0.25, -0.2) is 9.67 Å². The number of hydrogen-bond donors (Lipinski definition) is 1. The van der Waals surface area contributed by atoms with Gasteiger partial charge in [-0.05, 0) is 49.9 Å². The second-order valence-corrected chi connectivity index (χ2v) is 9.09. The fourth-order valence-corrected chi connectivity index (χ4v) is 4.69. The molecule has 0 spiro atoms. The quantitative estimate of drug-likeness (QED) is 0.478. The number of fused-ring (bicyclic) bond motifs is 1. The number of hydrogen-bond acceptors (Lipinski definition) is 6. The molecule has 0 unspecified atom stereocenters. The van der Waals surface area contributed by atoms with Gasteiger partial charge in [0.15, 0.2) is 11.2 Å². The number of ether oxygens (including phenoxy) is 1. The minimum atomic E-state index is -0.314. The minimum Gasteiger partial charge on any atom is -0.496 e. The van der Waals surface area contributed by atoms with Crippen LogP contribution in [0, 0.1) is 13.8 Å². The normalized spacial score (nSPS) is 16.0. The second kappa shape index (κ2) is 9.32. The molecule has 0 radical (unpaired) electrons. The number of aromatic nitrogens is 5. The molecule has 9 heteroatoms. The van der Waals surface area contributed by atoms with Crippen molar-refractivity contribution < 1.29 is 9.53 Å². The number of methoxy groups -OCH3 is 1. The predicted molar refractivity (Wildman–Crippen MR) is 132 cm³/mol. The molecule has 0 aliphatic carbocycles. The molecule has 3 heterocycles. The zero-order valence-corrected chi connectivity index (χ0v) is 20.1. The van der Waals surface area contributed by atoms with Crippen molar-refractivity contribution in [3.8, 4) is 5.75 Å². The van der Waals surface area contributed by atoms with Crippen molar-refractivity contribution in [3.05, 3.63) is 80.9 Å². The summed E-state index contributed by atoms with van der Waals surface area (Å²) in [6, 6.07) is 13.5. The highest BCUT2D eigenvalue weighted by Gasteiger charge is 2.29. The van der Waals surface area contributed by atoms with E-state index in [9.17, 15) is 9.59 Å². The molecule has 4 aromatic rings. The van der Waals surface area contributed by atoms with Crippen LogP contribution in [0.15, 0.2) is 47.3 Å². The Kier molecular flexibility index (Phi) is 6.07. The molecule has 1 saturated heterocycles. The Morgan fingerprint density at radius 3 is 2.86 bits per heavy atom. The van der Waals surface area contributed by atoms with Crippen LogP contribution in [-0.4, -0.2) is 56.0 Å². The predicted octanol–water partition coefficient (Wildman–Crippen LogP) is 3.21. The first-order valence-electron chi connectivity index (χ1n) is 11.8. The van der Waals surface area contributed by atoms with Crippen molar-refractivity contribution in [2.24, 2.45) is 0 Å². The molecule has 9 nitrogen and oxygen atoms in total. The molecule has 180 valence electrons. The smallest absolute Gasteiger partial charge is 0.281 e. The van der Waals surface area contributed by atoms with Gasteiger partial charge in [0.1, 0.15) is 11.6 Å². The molecule has 2 aromatic heterocycles. The summed E-state index contributed by atoms with van der Waals surface area (Å²) in [6.45, 7) is 5.68. The summed E-state index contributed by atoms with van der Waals surface area (Å²) >= 11 is 0. The topological polar surface area (TPSA) is 106 Å². The maximum Gasteiger partial charge on any atom is 0.281 e. The number of H-pyrrole nitrogens is 1. The lowest BCUT2D eigenvalue weighted by atomic mass is 9.96. The lowest BCUT2D eigenvalue weighted by molar-refractivity contribution is 0.0701. The standard InChI is InChI=1S/C26H28N6O3/c1-16-10-11-17(2)19(13-16)15-32-24-22(29-30-32)25(33)28-23(27-24)18-7-6-12-31(14-18)26(34)20-8-4-5-9-21(20)35-3/h4-5,8-11,13,18H,6-7,12,14-15H2,1-3H3,(H,27,28,33)/t18-/m1/s1. The van der Waals surface area contributed by atoms with Gasteiger partial charge in [0.2, 0.25) is 0 Å². The summed E-state index contributed by atoms with van der Waals surface area (Å²) in [5.74, 6) is 0.930. The third-order valence-corrected chi connectivity index (χ3v) is 6.65. The second-order valence-electron chi connectivity index (χ2n) is 9.09. The van der Waals surface area contributed by atoms with E-state index in [0.717, 1.165) is 29.5 Å². The van der Waals surface area contributed by atoms with E-state index < -0.39 is 0 Å². The molecule has 0 saturated carbocycles. The average Bonchev–Trinajstić information content (AvgIpc) is 3.29. The number of likely N-dealkylation sites (tertiary alicyclic amines) is 1. The summed E-state index contributed by atoms with van der Waals surface area (Å²) in [6.07, 6.45) is 1.63. The van der Waals surface area contributed by atoms with E-state index in [0.29, 0.717) is 42.4 Å². The molecule has 1 aliphatic rings. The van der Waals surface area contributed by atoms with Gasteiger partial charge in [-0.1, -0.05) is 41.1 Å². The van der Waals surface area contributed by atoms with E-state index in [1.54, 1.807) is 23.9 Å². The van der Waals surface area contributed by atoms with Crippen molar-refractivity contribution >= 4 is 17.1 Å². The number of amides is 1. The monoisotopic (exact) mass is 472 g/mol. The number of aryl methyl sites for hydroxylation is 2. The van der Waals surface area contributed by atoms with Gasteiger partial charge in [0, 0.05) is 19.0 Å². The van der Waals surface area contributed by atoms with Gasteiger partial charge in [0.05, 0.1) is 19.2 Å². The number of benzene rings is 2. The first-order valence-corrected chi connectivity index (χ1v) is 11.8. The highest BCUT2D eigenvalue weighted by atomic mass is 16.5. The van der Waals surface area contributed by atoms with Crippen LogP contribution in [0.25, 0.3) is 11.2 Å². The summed E-state index contributed by atoms with van der Waals surface area (Å²) in [4.78, 5) is 35.6. The van der Waals surface area contributed by atoms with Crippen LogP contribution < -0.4 is 10.3 Å². The average molecular weight is 473 g/mol. The summed E-state index contributed by atoms with van der Waals surface area (Å²) < 4.78 is 7.05. The highest BCUT2D eigenvalue weighted by Crippen LogP contribution is 2.28. The van der Waals surface area contributed by atoms with Crippen molar-refractivity contribution in [3.63, 3.8) is 0 Å². The van der Waals surface area contributed by atoms with E-state index in [4.69, 9.17) is 9.72 Å². The largest absolute Gasteiger partial charge is 0.496 e. The molecule has 5 rings (SSSR count). The first kappa shape index (κ1) is 22.8. The zero-order valence-electron chi connectivity index (χ0n) is 20.1. The molecule has 1 N–H and O–H groups in total. The molecule has 1 aliphatic heterocycles. The molecule has 1 fully saturated rings. The van der Waals surface area contributed by atoms with E-state index in [-0.39, 0.29) is 22.9 Å². The van der Waals surface area contributed by atoms with Crippen LogP contribution in [0.4, 0.5) is 0 Å². The van der Waals surface area contributed by atoms with Crippen molar-refractivity contribution in [2.75, 3.05) is 20.2 Å². The van der Waals surface area contributed by atoms with Gasteiger partial charge in [-0.2, -0.15) is 0 Å². The fourth-order valence-electron chi connectivity index (χ4n) is 4.69. The van der Waals surface area contributed by atoms with E-state index in [1.165, 1.54) is 0 Å². The van der Waals surface area contributed by atoms with Crippen LogP contribution in [0.3, 0.4) is 0 Å². The van der Waals surface area contributed by atoms with Crippen molar-refractivity contribution in [2.45, 2.75) is 39.2 Å². The number of carbonyl (C=O) groups excluding carboxylic acids is 1. The Hall–Kier alpha value is -4.01. The highest BCUT2D eigenvalue weighted by molar-refractivity contribution is 5.97. The third kappa shape index (κ3) is 4.41. The molecule has 0 bridgehead atoms. The number of nitrogens with one attached hydrogen (secondary N) is 1.